The molecule has 0 amide bonds. The number of ether oxygens (including phenoxy) is 1. The predicted octanol–water partition coefficient (Wildman–Crippen LogP) is 1.10. The minimum absolute atomic E-state index is 0. The van der Waals surface area contributed by atoms with Crippen molar-refractivity contribution in [1.29, 1.82) is 0 Å². The SMILES string of the molecule is Cl.NCC12CC=CC(C1)OC2. The van der Waals surface area contributed by atoms with E-state index >= 15 is 0 Å². The first-order valence-corrected chi connectivity index (χ1v) is 3.83. The summed E-state index contributed by atoms with van der Waals surface area (Å²) in [5.74, 6) is 0. The molecule has 2 rings (SSSR count). The Kier molecular flexibility index (Phi) is 2.58. The topological polar surface area (TPSA) is 35.2 Å². The summed E-state index contributed by atoms with van der Waals surface area (Å²) in [4.78, 5) is 0. The van der Waals surface area contributed by atoms with Crippen molar-refractivity contribution in [2.75, 3.05) is 13.2 Å². The normalized spacial score (nSPS) is 40.3. The highest BCUT2D eigenvalue weighted by Gasteiger charge is 2.39. The fourth-order valence-corrected chi connectivity index (χ4v) is 1.79. The number of nitrogens with two attached hydrogens (primary N) is 1. The second kappa shape index (κ2) is 3.13. The van der Waals surface area contributed by atoms with Crippen LogP contribution in [-0.2, 0) is 4.74 Å². The number of hydrogen-bond donors (Lipinski definition) is 1. The number of fused-ring (bicyclic) bond motifs is 2. The molecule has 0 spiro atoms. The van der Waals surface area contributed by atoms with Crippen LogP contribution in [0.1, 0.15) is 12.8 Å². The Hall–Kier alpha value is -0.0500. The van der Waals surface area contributed by atoms with Crippen molar-refractivity contribution < 1.29 is 4.74 Å². The molecule has 2 atom stereocenters. The summed E-state index contributed by atoms with van der Waals surface area (Å²) in [5.41, 5.74) is 5.97. The molecule has 2 bridgehead atoms. The second-order valence-electron chi connectivity index (χ2n) is 3.39. The van der Waals surface area contributed by atoms with Crippen molar-refractivity contribution in [3.8, 4) is 0 Å². The van der Waals surface area contributed by atoms with Crippen LogP contribution in [0.15, 0.2) is 12.2 Å². The van der Waals surface area contributed by atoms with Crippen molar-refractivity contribution >= 4 is 12.4 Å². The molecule has 64 valence electrons. The number of hydrogen-bond acceptors (Lipinski definition) is 2. The third-order valence-electron chi connectivity index (χ3n) is 2.57. The van der Waals surface area contributed by atoms with Crippen molar-refractivity contribution in [2.24, 2.45) is 11.1 Å². The first-order chi connectivity index (χ1) is 4.85. The zero-order valence-electron chi connectivity index (χ0n) is 6.45. The van der Waals surface area contributed by atoms with Gasteiger partial charge in [0, 0.05) is 12.0 Å². The van der Waals surface area contributed by atoms with Gasteiger partial charge in [-0.1, -0.05) is 12.2 Å². The van der Waals surface area contributed by atoms with Crippen LogP contribution in [0.4, 0.5) is 0 Å². The summed E-state index contributed by atoms with van der Waals surface area (Å²) < 4.78 is 5.50. The average molecular weight is 176 g/mol. The summed E-state index contributed by atoms with van der Waals surface area (Å²) in [7, 11) is 0. The van der Waals surface area contributed by atoms with E-state index in [4.69, 9.17) is 10.5 Å². The fraction of sp³-hybridized carbons (Fsp3) is 0.750. The van der Waals surface area contributed by atoms with Gasteiger partial charge in [0.25, 0.3) is 0 Å². The quantitative estimate of drug-likeness (QED) is 0.606. The third-order valence-corrected chi connectivity index (χ3v) is 2.57. The number of allylic oxidation sites excluding steroid dienone is 1. The lowest BCUT2D eigenvalue weighted by molar-refractivity contribution is 0.127. The summed E-state index contributed by atoms with van der Waals surface area (Å²) in [6.45, 7) is 1.63. The Bertz CT molecular complexity index is 171. The Labute approximate surface area is 73.2 Å². The Morgan fingerprint density at radius 3 is 3.09 bits per heavy atom. The largest absolute Gasteiger partial charge is 0.373 e. The molecule has 2 nitrogen and oxygen atoms in total. The van der Waals surface area contributed by atoms with Gasteiger partial charge in [-0.2, -0.15) is 0 Å². The van der Waals surface area contributed by atoms with Gasteiger partial charge in [-0.15, -0.1) is 12.4 Å². The zero-order chi connectivity index (χ0) is 7.03. The van der Waals surface area contributed by atoms with E-state index in [0.29, 0.717) is 11.5 Å². The van der Waals surface area contributed by atoms with Crippen LogP contribution in [0.5, 0.6) is 0 Å². The molecule has 0 aromatic carbocycles. The van der Waals surface area contributed by atoms with Gasteiger partial charge in [-0.25, -0.2) is 0 Å². The smallest absolute Gasteiger partial charge is 0.0762 e. The molecule has 2 N–H and O–H groups in total. The van der Waals surface area contributed by atoms with Gasteiger partial charge in [0.1, 0.15) is 0 Å². The van der Waals surface area contributed by atoms with Crippen LogP contribution in [0.25, 0.3) is 0 Å². The highest BCUT2D eigenvalue weighted by Crippen LogP contribution is 2.39. The monoisotopic (exact) mass is 175 g/mol. The predicted molar refractivity (Wildman–Crippen MR) is 46.8 cm³/mol. The summed E-state index contributed by atoms with van der Waals surface area (Å²) in [6, 6.07) is 0. The minimum Gasteiger partial charge on any atom is -0.373 e. The maximum absolute atomic E-state index is 5.66. The van der Waals surface area contributed by atoms with Crippen molar-refractivity contribution in [2.45, 2.75) is 18.9 Å². The third kappa shape index (κ3) is 1.43. The minimum atomic E-state index is 0. The van der Waals surface area contributed by atoms with Gasteiger partial charge in [-0.05, 0) is 12.8 Å². The maximum atomic E-state index is 5.66. The van der Waals surface area contributed by atoms with Gasteiger partial charge >= 0.3 is 0 Å². The van der Waals surface area contributed by atoms with Gasteiger partial charge in [0.05, 0.1) is 12.7 Å². The highest BCUT2D eigenvalue weighted by molar-refractivity contribution is 5.85. The van der Waals surface area contributed by atoms with Gasteiger partial charge in [0.2, 0.25) is 0 Å². The van der Waals surface area contributed by atoms with Crippen molar-refractivity contribution in [3.63, 3.8) is 0 Å². The molecule has 3 heteroatoms. The molecule has 1 saturated heterocycles. The average Bonchev–Trinajstić information content (AvgIpc) is 2.29. The molecule has 0 radical (unpaired) electrons. The molecule has 0 aromatic heterocycles. The van der Waals surface area contributed by atoms with E-state index in [0.717, 1.165) is 26.0 Å². The van der Waals surface area contributed by atoms with E-state index in [2.05, 4.69) is 12.2 Å². The summed E-state index contributed by atoms with van der Waals surface area (Å²) >= 11 is 0. The van der Waals surface area contributed by atoms with E-state index in [9.17, 15) is 0 Å². The lowest BCUT2D eigenvalue weighted by Crippen LogP contribution is -2.31. The lowest BCUT2D eigenvalue weighted by atomic mass is 9.79. The maximum Gasteiger partial charge on any atom is 0.0762 e. The Balaban J connectivity index is 0.000000605. The van der Waals surface area contributed by atoms with Crippen molar-refractivity contribution in [1.82, 2.24) is 0 Å². The molecule has 11 heavy (non-hydrogen) atoms. The zero-order valence-corrected chi connectivity index (χ0v) is 7.27. The van der Waals surface area contributed by atoms with Crippen LogP contribution in [0.3, 0.4) is 0 Å². The van der Waals surface area contributed by atoms with E-state index in [-0.39, 0.29) is 12.4 Å². The Morgan fingerprint density at radius 2 is 2.45 bits per heavy atom. The number of rotatable bonds is 1. The van der Waals surface area contributed by atoms with E-state index in [1.165, 1.54) is 0 Å². The highest BCUT2D eigenvalue weighted by atomic mass is 35.5. The molecule has 1 aliphatic heterocycles. The van der Waals surface area contributed by atoms with Crippen LogP contribution < -0.4 is 5.73 Å². The first-order valence-electron chi connectivity index (χ1n) is 3.83. The van der Waals surface area contributed by atoms with Crippen LogP contribution >= 0.6 is 12.4 Å². The van der Waals surface area contributed by atoms with Crippen LogP contribution in [0, 0.1) is 5.41 Å². The van der Waals surface area contributed by atoms with Crippen LogP contribution in [0.2, 0.25) is 0 Å². The molecule has 2 unspecified atom stereocenters. The molecule has 2 aliphatic rings. The Morgan fingerprint density at radius 1 is 1.64 bits per heavy atom. The van der Waals surface area contributed by atoms with Gasteiger partial charge < -0.3 is 10.5 Å². The molecular formula is C8H14ClNO. The van der Waals surface area contributed by atoms with E-state index in [1.807, 2.05) is 0 Å². The molecule has 0 saturated carbocycles. The fourth-order valence-electron chi connectivity index (χ4n) is 1.79. The molecule has 1 fully saturated rings. The van der Waals surface area contributed by atoms with Crippen LogP contribution in [-0.4, -0.2) is 19.3 Å². The van der Waals surface area contributed by atoms with Gasteiger partial charge in [0.15, 0.2) is 0 Å². The lowest BCUT2D eigenvalue weighted by Gasteiger charge is -2.25. The van der Waals surface area contributed by atoms with E-state index < -0.39 is 0 Å². The molecule has 1 heterocycles. The van der Waals surface area contributed by atoms with E-state index in [1.54, 1.807) is 0 Å². The molecule has 1 aliphatic carbocycles. The summed E-state index contributed by atoms with van der Waals surface area (Å²) in [5, 5.41) is 0. The number of halogens is 1. The van der Waals surface area contributed by atoms with Gasteiger partial charge in [-0.3, -0.25) is 0 Å². The summed E-state index contributed by atoms with van der Waals surface area (Å²) in [6.07, 6.45) is 6.98. The molecular weight excluding hydrogens is 162 g/mol. The van der Waals surface area contributed by atoms with Crippen molar-refractivity contribution in [3.05, 3.63) is 12.2 Å². The standard InChI is InChI=1S/C8H13NO.ClH/c9-5-8-3-1-2-7(4-8)10-6-8;/h1-2,7H,3-6,9H2;1H. The first kappa shape index (κ1) is 9.04. The second-order valence-corrected chi connectivity index (χ2v) is 3.39. The molecule has 0 aromatic rings.